The summed E-state index contributed by atoms with van der Waals surface area (Å²) < 4.78 is 0. The van der Waals surface area contributed by atoms with Gasteiger partial charge in [0.25, 0.3) is 0 Å². The molecule has 4 N–H and O–H groups in total. The van der Waals surface area contributed by atoms with E-state index in [0.717, 1.165) is 11.1 Å². The van der Waals surface area contributed by atoms with Crippen LogP contribution in [0.1, 0.15) is 25.0 Å². The van der Waals surface area contributed by atoms with Gasteiger partial charge in [-0.25, -0.2) is 4.79 Å². The summed E-state index contributed by atoms with van der Waals surface area (Å²) in [5, 5.41) is 12.1. The van der Waals surface area contributed by atoms with Crippen LogP contribution < -0.4 is 11.1 Å². The van der Waals surface area contributed by atoms with Gasteiger partial charge in [0.2, 0.25) is 0 Å². The fourth-order valence-electron chi connectivity index (χ4n) is 1.78. The van der Waals surface area contributed by atoms with E-state index >= 15 is 0 Å². The average molecular weight is 236 g/mol. The number of aliphatic carboxylic acids is 1. The summed E-state index contributed by atoms with van der Waals surface area (Å²) in [6, 6.07) is 3.23. The number of aryl methyl sites for hydroxylation is 2. The van der Waals surface area contributed by atoms with E-state index in [4.69, 9.17) is 10.8 Å². The summed E-state index contributed by atoms with van der Waals surface area (Å²) >= 11 is 0. The second-order valence-corrected chi connectivity index (χ2v) is 4.75. The van der Waals surface area contributed by atoms with Crippen molar-refractivity contribution in [1.29, 1.82) is 0 Å². The minimum Gasteiger partial charge on any atom is -0.480 e. The topological polar surface area (TPSA) is 75.3 Å². The molecule has 0 radical (unpaired) electrons. The van der Waals surface area contributed by atoms with Crippen molar-refractivity contribution in [3.05, 3.63) is 23.3 Å². The third kappa shape index (κ3) is 3.12. The van der Waals surface area contributed by atoms with Gasteiger partial charge >= 0.3 is 5.97 Å². The number of benzene rings is 1. The first-order chi connectivity index (χ1) is 7.82. The lowest BCUT2D eigenvalue weighted by Gasteiger charge is -2.21. The Labute approximate surface area is 102 Å². The second-order valence-electron chi connectivity index (χ2n) is 4.75. The molecule has 1 aromatic carbocycles. The van der Waals surface area contributed by atoms with Crippen molar-refractivity contribution in [1.82, 2.24) is 0 Å². The van der Waals surface area contributed by atoms with Crippen LogP contribution in [0.15, 0.2) is 12.1 Å². The summed E-state index contributed by atoms with van der Waals surface area (Å²) in [6.07, 6.45) is 0. The number of carboxylic acids is 1. The largest absolute Gasteiger partial charge is 0.480 e. The van der Waals surface area contributed by atoms with Crippen molar-refractivity contribution in [2.24, 2.45) is 5.92 Å². The number of carbonyl (C=O) groups is 1. The second kappa shape index (κ2) is 5.08. The number of nitrogens with two attached hydrogens (primary N) is 1. The van der Waals surface area contributed by atoms with Gasteiger partial charge in [-0.05, 0) is 37.0 Å². The van der Waals surface area contributed by atoms with E-state index in [9.17, 15) is 4.79 Å². The molecule has 94 valence electrons. The zero-order valence-electron chi connectivity index (χ0n) is 10.7. The zero-order chi connectivity index (χ0) is 13.2. The first kappa shape index (κ1) is 13.4. The monoisotopic (exact) mass is 236 g/mol. The molecule has 1 unspecified atom stereocenters. The van der Waals surface area contributed by atoms with Gasteiger partial charge < -0.3 is 16.2 Å². The molecule has 0 amide bonds. The standard InChI is InChI=1S/C13H20N2O2/c1-7(2)12(13(16)17)15-10-6-8(3)5-9(4)11(10)14/h5-7,12,15H,14H2,1-4H3,(H,16,17). The predicted molar refractivity (Wildman–Crippen MR) is 70.2 cm³/mol. The van der Waals surface area contributed by atoms with E-state index in [1.807, 2.05) is 39.8 Å². The number of carboxylic acid groups (broad SMARTS) is 1. The van der Waals surface area contributed by atoms with Crippen molar-refractivity contribution in [2.45, 2.75) is 33.7 Å². The molecule has 1 aromatic rings. The highest BCUT2D eigenvalue weighted by Crippen LogP contribution is 2.26. The molecule has 17 heavy (non-hydrogen) atoms. The molecule has 0 saturated heterocycles. The van der Waals surface area contributed by atoms with Gasteiger partial charge in [-0.2, -0.15) is 0 Å². The van der Waals surface area contributed by atoms with Crippen molar-refractivity contribution < 1.29 is 9.90 Å². The van der Waals surface area contributed by atoms with Gasteiger partial charge in [0.1, 0.15) is 6.04 Å². The number of hydrogen-bond acceptors (Lipinski definition) is 3. The molecule has 1 atom stereocenters. The molecule has 0 heterocycles. The van der Waals surface area contributed by atoms with Gasteiger partial charge in [0.15, 0.2) is 0 Å². The zero-order valence-corrected chi connectivity index (χ0v) is 10.7. The van der Waals surface area contributed by atoms with Crippen LogP contribution >= 0.6 is 0 Å². The number of nitrogen functional groups attached to an aromatic ring is 1. The third-order valence-corrected chi connectivity index (χ3v) is 2.77. The Bertz CT molecular complexity index is 428. The van der Waals surface area contributed by atoms with Gasteiger partial charge in [0, 0.05) is 0 Å². The molecular formula is C13H20N2O2. The number of anilines is 2. The Hall–Kier alpha value is -1.71. The van der Waals surface area contributed by atoms with Crippen LogP contribution in [-0.4, -0.2) is 17.1 Å². The van der Waals surface area contributed by atoms with E-state index in [2.05, 4.69) is 5.32 Å². The molecule has 0 bridgehead atoms. The first-order valence-electron chi connectivity index (χ1n) is 5.69. The van der Waals surface area contributed by atoms with Crippen molar-refractivity contribution in [2.75, 3.05) is 11.1 Å². The Morgan fingerprint density at radius 3 is 2.41 bits per heavy atom. The summed E-state index contributed by atoms with van der Waals surface area (Å²) in [5.41, 5.74) is 9.28. The third-order valence-electron chi connectivity index (χ3n) is 2.77. The van der Waals surface area contributed by atoms with Crippen LogP contribution in [0.5, 0.6) is 0 Å². The highest BCUT2D eigenvalue weighted by Gasteiger charge is 2.22. The molecule has 0 spiro atoms. The van der Waals surface area contributed by atoms with Crippen LogP contribution in [0, 0.1) is 19.8 Å². The maximum atomic E-state index is 11.1. The summed E-state index contributed by atoms with van der Waals surface area (Å²) in [4.78, 5) is 11.1. The maximum absolute atomic E-state index is 11.1. The van der Waals surface area contributed by atoms with Gasteiger partial charge in [-0.1, -0.05) is 19.9 Å². The SMILES string of the molecule is Cc1cc(C)c(N)c(NC(C(=O)O)C(C)C)c1. The van der Waals surface area contributed by atoms with Crippen LogP contribution in [0.25, 0.3) is 0 Å². The molecule has 0 aliphatic rings. The Kier molecular flexibility index (Phi) is 3.99. The molecule has 1 rings (SSSR count). The molecule has 0 aliphatic heterocycles. The Morgan fingerprint density at radius 1 is 1.35 bits per heavy atom. The minimum atomic E-state index is -0.862. The lowest BCUT2D eigenvalue weighted by atomic mass is 10.0. The van der Waals surface area contributed by atoms with E-state index < -0.39 is 12.0 Å². The smallest absolute Gasteiger partial charge is 0.326 e. The summed E-state index contributed by atoms with van der Waals surface area (Å²) in [6.45, 7) is 7.61. The first-order valence-corrected chi connectivity index (χ1v) is 5.69. The maximum Gasteiger partial charge on any atom is 0.326 e. The molecule has 0 aliphatic carbocycles. The van der Waals surface area contributed by atoms with Gasteiger partial charge in [0.05, 0.1) is 11.4 Å². The number of nitrogens with one attached hydrogen (secondary N) is 1. The highest BCUT2D eigenvalue weighted by atomic mass is 16.4. The van der Waals surface area contributed by atoms with E-state index in [0.29, 0.717) is 11.4 Å². The molecular weight excluding hydrogens is 216 g/mol. The Balaban J connectivity index is 3.05. The van der Waals surface area contributed by atoms with Crippen molar-refractivity contribution in [3.63, 3.8) is 0 Å². The average Bonchev–Trinajstić information content (AvgIpc) is 2.19. The lowest BCUT2D eigenvalue weighted by Crippen LogP contribution is -2.34. The van der Waals surface area contributed by atoms with E-state index in [1.165, 1.54) is 0 Å². The summed E-state index contributed by atoms with van der Waals surface area (Å²) in [5.74, 6) is -0.869. The molecule has 0 fully saturated rings. The van der Waals surface area contributed by atoms with Crippen molar-refractivity contribution in [3.8, 4) is 0 Å². The lowest BCUT2D eigenvalue weighted by molar-refractivity contribution is -0.138. The van der Waals surface area contributed by atoms with E-state index in [-0.39, 0.29) is 5.92 Å². The summed E-state index contributed by atoms with van der Waals surface area (Å²) in [7, 11) is 0. The Morgan fingerprint density at radius 2 is 1.94 bits per heavy atom. The number of rotatable bonds is 4. The van der Waals surface area contributed by atoms with Crippen LogP contribution in [-0.2, 0) is 4.79 Å². The fraction of sp³-hybridized carbons (Fsp3) is 0.462. The highest BCUT2D eigenvalue weighted by molar-refractivity contribution is 5.81. The van der Waals surface area contributed by atoms with Crippen LogP contribution in [0.4, 0.5) is 11.4 Å². The molecule has 4 nitrogen and oxygen atoms in total. The van der Waals surface area contributed by atoms with Crippen molar-refractivity contribution >= 4 is 17.3 Å². The van der Waals surface area contributed by atoms with Gasteiger partial charge in [-0.3, -0.25) is 0 Å². The van der Waals surface area contributed by atoms with E-state index in [1.54, 1.807) is 0 Å². The van der Waals surface area contributed by atoms with Crippen LogP contribution in [0.2, 0.25) is 0 Å². The minimum absolute atomic E-state index is 0.00674. The van der Waals surface area contributed by atoms with Gasteiger partial charge in [-0.15, -0.1) is 0 Å². The predicted octanol–water partition coefficient (Wildman–Crippen LogP) is 2.41. The molecule has 4 heteroatoms. The normalized spacial score (nSPS) is 12.5. The van der Waals surface area contributed by atoms with Crippen LogP contribution in [0.3, 0.4) is 0 Å². The molecule has 0 saturated carbocycles. The quantitative estimate of drug-likeness (QED) is 0.702. The number of hydrogen-bond donors (Lipinski definition) is 3. The molecule has 0 aromatic heterocycles. The fourth-order valence-corrected chi connectivity index (χ4v) is 1.78.